The Bertz CT molecular complexity index is 967. The van der Waals surface area contributed by atoms with Gasteiger partial charge in [0.1, 0.15) is 17.5 Å². The lowest BCUT2D eigenvalue weighted by Crippen LogP contribution is -2.52. The van der Waals surface area contributed by atoms with E-state index in [0.717, 1.165) is 11.3 Å². The first-order valence-electron chi connectivity index (χ1n) is 8.87. The molecule has 7 heteroatoms. The first-order valence-corrected chi connectivity index (χ1v) is 8.87. The molecule has 2 amide bonds. The number of nitrogens with one attached hydrogen (secondary N) is 1. The maximum Gasteiger partial charge on any atom is 0.247 e. The van der Waals surface area contributed by atoms with Gasteiger partial charge in [-0.2, -0.15) is 0 Å². The Morgan fingerprint density at radius 1 is 1.26 bits per heavy atom. The van der Waals surface area contributed by atoms with Crippen LogP contribution in [0.4, 0.5) is 4.39 Å². The first kappa shape index (κ1) is 17.2. The molecule has 0 radical (unpaired) electrons. The minimum absolute atomic E-state index is 0.142. The number of piperazine rings is 1. The first-order chi connectivity index (χ1) is 13.1. The maximum absolute atomic E-state index is 13.6. The SMILES string of the molecule is O=C1NCCN(C(=O)CCc2cn3ccccc3n2)[C@@H]1c1cccc(F)c1. The standard InChI is InChI=1S/C20H19FN4O2/c21-15-5-3-4-14(12-15)19-20(27)22-9-11-25(19)18(26)8-7-16-13-24-10-2-1-6-17(24)23-16/h1-6,10,12-13,19H,7-9,11H2,(H,22,27)/t19-/m1/s1. The van der Waals surface area contributed by atoms with Gasteiger partial charge in [0, 0.05) is 31.9 Å². The van der Waals surface area contributed by atoms with E-state index in [1.165, 1.54) is 17.0 Å². The predicted octanol–water partition coefficient (Wildman–Crippen LogP) is 2.11. The van der Waals surface area contributed by atoms with E-state index in [0.29, 0.717) is 25.1 Å². The van der Waals surface area contributed by atoms with Crippen molar-refractivity contribution in [2.75, 3.05) is 13.1 Å². The van der Waals surface area contributed by atoms with E-state index >= 15 is 0 Å². The Morgan fingerprint density at radius 2 is 2.15 bits per heavy atom. The number of aromatic nitrogens is 2. The van der Waals surface area contributed by atoms with Crippen molar-refractivity contribution >= 4 is 17.5 Å². The molecule has 0 aliphatic carbocycles. The highest BCUT2D eigenvalue weighted by molar-refractivity contribution is 5.89. The van der Waals surface area contributed by atoms with Gasteiger partial charge in [0.05, 0.1) is 5.69 Å². The zero-order chi connectivity index (χ0) is 18.8. The van der Waals surface area contributed by atoms with Gasteiger partial charge in [-0.15, -0.1) is 0 Å². The highest BCUT2D eigenvalue weighted by Gasteiger charge is 2.34. The van der Waals surface area contributed by atoms with Crippen molar-refractivity contribution in [2.45, 2.75) is 18.9 Å². The maximum atomic E-state index is 13.6. The molecule has 0 spiro atoms. The van der Waals surface area contributed by atoms with E-state index in [9.17, 15) is 14.0 Å². The van der Waals surface area contributed by atoms with Crippen LogP contribution in [0.1, 0.15) is 23.7 Å². The quantitative estimate of drug-likeness (QED) is 0.769. The highest BCUT2D eigenvalue weighted by atomic mass is 19.1. The van der Waals surface area contributed by atoms with Crippen molar-refractivity contribution in [3.63, 3.8) is 0 Å². The van der Waals surface area contributed by atoms with Crippen molar-refractivity contribution in [1.29, 1.82) is 0 Å². The van der Waals surface area contributed by atoms with Crippen LogP contribution in [0.25, 0.3) is 5.65 Å². The Kier molecular flexibility index (Phi) is 4.58. The van der Waals surface area contributed by atoms with Crippen LogP contribution in [0.3, 0.4) is 0 Å². The average Bonchev–Trinajstić information content (AvgIpc) is 3.09. The number of hydrogen-bond acceptors (Lipinski definition) is 3. The van der Waals surface area contributed by atoms with Gasteiger partial charge in [0.2, 0.25) is 11.8 Å². The molecule has 1 fully saturated rings. The molecule has 1 aromatic carbocycles. The van der Waals surface area contributed by atoms with E-state index in [-0.39, 0.29) is 18.2 Å². The van der Waals surface area contributed by atoms with Crippen LogP contribution in [-0.4, -0.2) is 39.2 Å². The third-order valence-electron chi connectivity index (χ3n) is 4.71. The Morgan fingerprint density at radius 3 is 2.96 bits per heavy atom. The number of aryl methyl sites for hydroxylation is 1. The molecule has 1 N–H and O–H groups in total. The molecule has 1 atom stereocenters. The Balaban J connectivity index is 1.51. The molecule has 27 heavy (non-hydrogen) atoms. The fraction of sp³-hybridized carbons (Fsp3) is 0.250. The number of carbonyl (C=O) groups excluding carboxylic acids is 2. The van der Waals surface area contributed by atoms with Crippen molar-refractivity contribution in [2.24, 2.45) is 0 Å². The topological polar surface area (TPSA) is 66.7 Å². The van der Waals surface area contributed by atoms with Crippen LogP contribution in [-0.2, 0) is 16.0 Å². The van der Waals surface area contributed by atoms with Crippen molar-refractivity contribution in [1.82, 2.24) is 19.6 Å². The largest absolute Gasteiger partial charge is 0.352 e. The van der Waals surface area contributed by atoms with Gasteiger partial charge in [-0.05, 0) is 36.2 Å². The summed E-state index contributed by atoms with van der Waals surface area (Å²) in [5, 5.41) is 2.76. The molecule has 3 aromatic rings. The lowest BCUT2D eigenvalue weighted by Gasteiger charge is -2.35. The summed E-state index contributed by atoms with van der Waals surface area (Å²) in [6.07, 6.45) is 4.52. The van der Waals surface area contributed by atoms with Crippen molar-refractivity contribution in [3.8, 4) is 0 Å². The van der Waals surface area contributed by atoms with Crippen LogP contribution < -0.4 is 5.32 Å². The van der Waals surface area contributed by atoms with Crippen LogP contribution in [0.15, 0.2) is 54.9 Å². The fourth-order valence-electron chi connectivity index (χ4n) is 3.43. The molecule has 0 bridgehead atoms. The van der Waals surface area contributed by atoms with Gasteiger partial charge in [-0.1, -0.05) is 18.2 Å². The number of fused-ring (bicyclic) bond motifs is 1. The number of imidazole rings is 1. The number of hydrogen-bond donors (Lipinski definition) is 1. The molecular weight excluding hydrogens is 347 g/mol. The molecule has 1 aliphatic rings. The lowest BCUT2D eigenvalue weighted by atomic mass is 10.0. The molecule has 138 valence electrons. The van der Waals surface area contributed by atoms with E-state index < -0.39 is 11.9 Å². The summed E-state index contributed by atoms with van der Waals surface area (Å²) in [6.45, 7) is 0.793. The van der Waals surface area contributed by atoms with E-state index in [1.54, 1.807) is 12.1 Å². The molecule has 4 rings (SSSR count). The molecule has 1 saturated heterocycles. The van der Waals surface area contributed by atoms with Crippen LogP contribution in [0, 0.1) is 5.82 Å². The second kappa shape index (κ2) is 7.19. The van der Waals surface area contributed by atoms with Gasteiger partial charge < -0.3 is 14.6 Å². The van der Waals surface area contributed by atoms with Gasteiger partial charge in [-0.25, -0.2) is 9.37 Å². The third kappa shape index (κ3) is 3.53. The zero-order valence-electron chi connectivity index (χ0n) is 14.6. The second-order valence-electron chi connectivity index (χ2n) is 6.53. The van der Waals surface area contributed by atoms with Crippen LogP contribution in [0.2, 0.25) is 0 Å². The third-order valence-corrected chi connectivity index (χ3v) is 4.71. The molecule has 2 aromatic heterocycles. The smallest absolute Gasteiger partial charge is 0.247 e. The molecular formula is C20H19FN4O2. The molecule has 0 saturated carbocycles. The van der Waals surface area contributed by atoms with Crippen molar-refractivity contribution in [3.05, 3.63) is 71.9 Å². The summed E-state index contributed by atoms with van der Waals surface area (Å²) in [6, 6.07) is 10.8. The number of halogens is 1. The zero-order valence-corrected chi connectivity index (χ0v) is 14.6. The van der Waals surface area contributed by atoms with Crippen LogP contribution in [0.5, 0.6) is 0 Å². The molecule has 0 unspecified atom stereocenters. The molecule has 1 aliphatic heterocycles. The number of benzene rings is 1. The van der Waals surface area contributed by atoms with Crippen molar-refractivity contribution < 1.29 is 14.0 Å². The number of amides is 2. The number of pyridine rings is 1. The van der Waals surface area contributed by atoms with Gasteiger partial charge in [0.15, 0.2) is 0 Å². The van der Waals surface area contributed by atoms with Crippen LogP contribution >= 0.6 is 0 Å². The highest BCUT2D eigenvalue weighted by Crippen LogP contribution is 2.25. The minimum atomic E-state index is -0.803. The average molecular weight is 366 g/mol. The summed E-state index contributed by atoms with van der Waals surface area (Å²) < 4.78 is 15.5. The summed E-state index contributed by atoms with van der Waals surface area (Å²) in [4.78, 5) is 31.2. The van der Waals surface area contributed by atoms with E-state index in [4.69, 9.17) is 0 Å². The van der Waals surface area contributed by atoms with Gasteiger partial charge in [-0.3, -0.25) is 9.59 Å². The minimum Gasteiger partial charge on any atom is -0.352 e. The van der Waals surface area contributed by atoms with Gasteiger partial charge in [0.25, 0.3) is 0 Å². The Labute approximate surface area is 155 Å². The van der Waals surface area contributed by atoms with E-state index in [1.807, 2.05) is 35.0 Å². The fourth-order valence-corrected chi connectivity index (χ4v) is 3.43. The summed E-state index contributed by atoms with van der Waals surface area (Å²) in [5.74, 6) is -0.855. The van der Waals surface area contributed by atoms with E-state index in [2.05, 4.69) is 10.3 Å². The normalized spacial score (nSPS) is 17.1. The summed E-state index contributed by atoms with van der Waals surface area (Å²) in [5.41, 5.74) is 2.13. The van der Waals surface area contributed by atoms with Gasteiger partial charge >= 0.3 is 0 Å². The number of nitrogens with zero attached hydrogens (tertiary/aromatic N) is 3. The lowest BCUT2D eigenvalue weighted by molar-refractivity contribution is -0.143. The predicted molar refractivity (Wildman–Crippen MR) is 97.4 cm³/mol. The number of carbonyl (C=O) groups is 2. The Hall–Kier alpha value is -3.22. The molecule has 6 nitrogen and oxygen atoms in total. The summed E-state index contributed by atoms with van der Waals surface area (Å²) >= 11 is 0. The molecule has 3 heterocycles. The summed E-state index contributed by atoms with van der Waals surface area (Å²) in [7, 11) is 0. The second-order valence-corrected chi connectivity index (χ2v) is 6.53. The monoisotopic (exact) mass is 366 g/mol. The number of rotatable bonds is 4.